The number of benzene rings is 3. The molecule has 0 radical (unpaired) electrons. The minimum Gasteiger partial charge on any atom is -0.352 e. The maximum absolute atomic E-state index is 14.0. The van der Waals surface area contributed by atoms with Crippen LogP contribution in [0, 0.1) is 13.8 Å². The van der Waals surface area contributed by atoms with Crippen molar-refractivity contribution >= 4 is 43.5 Å². The van der Waals surface area contributed by atoms with Crippen LogP contribution >= 0.6 is 15.9 Å². The van der Waals surface area contributed by atoms with Crippen molar-refractivity contribution in [1.82, 2.24) is 10.2 Å². The lowest BCUT2D eigenvalue weighted by Crippen LogP contribution is -2.52. The molecule has 0 aliphatic heterocycles. The first-order chi connectivity index (χ1) is 19.9. The van der Waals surface area contributed by atoms with E-state index in [1.54, 1.807) is 4.90 Å². The number of amides is 2. The van der Waals surface area contributed by atoms with Crippen LogP contribution in [0.4, 0.5) is 5.69 Å². The van der Waals surface area contributed by atoms with Crippen molar-refractivity contribution in [2.45, 2.75) is 72.0 Å². The lowest BCUT2D eigenvalue weighted by atomic mass is 10.0. The molecule has 0 spiro atoms. The molecule has 226 valence electrons. The summed E-state index contributed by atoms with van der Waals surface area (Å²) >= 11 is 3.51. The summed E-state index contributed by atoms with van der Waals surface area (Å²) in [6.45, 7) is 8.21. The van der Waals surface area contributed by atoms with Gasteiger partial charge in [-0.05, 0) is 80.1 Å². The van der Waals surface area contributed by atoms with Gasteiger partial charge in [0.1, 0.15) is 6.04 Å². The summed E-state index contributed by atoms with van der Waals surface area (Å²) in [4.78, 5) is 29.3. The first-order valence-electron chi connectivity index (χ1n) is 14.3. The summed E-state index contributed by atoms with van der Waals surface area (Å²) in [6, 6.07) is 22.3. The molecule has 0 unspecified atom stereocenters. The summed E-state index contributed by atoms with van der Waals surface area (Å²) in [6.07, 6.45) is 2.71. The van der Waals surface area contributed by atoms with Gasteiger partial charge in [0, 0.05) is 36.4 Å². The van der Waals surface area contributed by atoms with Crippen LogP contribution in [0.15, 0.2) is 77.3 Å². The quantitative estimate of drug-likeness (QED) is 0.225. The number of nitrogens with zero attached hydrogens (tertiary/aromatic N) is 2. The molecule has 42 heavy (non-hydrogen) atoms. The van der Waals surface area contributed by atoms with E-state index in [-0.39, 0.29) is 37.4 Å². The van der Waals surface area contributed by atoms with Gasteiger partial charge in [0.05, 0.1) is 11.9 Å². The van der Waals surface area contributed by atoms with Crippen molar-refractivity contribution < 1.29 is 18.0 Å². The summed E-state index contributed by atoms with van der Waals surface area (Å²) < 4.78 is 27.7. The molecule has 1 N–H and O–H groups in total. The van der Waals surface area contributed by atoms with E-state index in [1.807, 2.05) is 100 Å². The van der Waals surface area contributed by atoms with Crippen LogP contribution in [0.3, 0.4) is 0 Å². The van der Waals surface area contributed by atoms with E-state index in [4.69, 9.17) is 0 Å². The number of sulfonamides is 1. The molecule has 3 rings (SSSR count). The number of carbonyl (C=O) groups is 2. The van der Waals surface area contributed by atoms with Crippen molar-refractivity contribution in [3.8, 4) is 0 Å². The van der Waals surface area contributed by atoms with E-state index in [0.717, 1.165) is 33.1 Å². The van der Waals surface area contributed by atoms with Crippen molar-refractivity contribution in [1.29, 1.82) is 0 Å². The van der Waals surface area contributed by atoms with Crippen LogP contribution in [0.5, 0.6) is 0 Å². The van der Waals surface area contributed by atoms with Crippen LogP contribution in [0.1, 0.15) is 55.4 Å². The molecule has 2 atom stereocenters. The molecule has 3 aromatic rings. The smallest absolute Gasteiger partial charge is 0.243 e. The Hall–Kier alpha value is -3.17. The van der Waals surface area contributed by atoms with Crippen molar-refractivity contribution in [2.24, 2.45) is 0 Å². The molecule has 3 aromatic carbocycles. The lowest BCUT2D eigenvalue weighted by molar-refractivity contribution is -0.141. The number of hydrogen-bond donors (Lipinski definition) is 1. The van der Waals surface area contributed by atoms with Crippen LogP contribution in [0.2, 0.25) is 0 Å². The first-order valence-corrected chi connectivity index (χ1v) is 17.0. The highest BCUT2D eigenvalue weighted by atomic mass is 79.9. The molecule has 0 saturated carbocycles. The Morgan fingerprint density at radius 1 is 0.929 bits per heavy atom. The molecule has 0 aromatic heterocycles. The normalized spacial score (nSPS) is 12.8. The van der Waals surface area contributed by atoms with Gasteiger partial charge in [-0.1, -0.05) is 71.4 Å². The number of aryl methyl sites for hydroxylation is 2. The molecule has 0 aliphatic rings. The summed E-state index contributed by atoms with van der Waals surface area (Å²) in [5.74, 6) is -0.409. The Balaban J connectivity index is 1.90. The third-order valence-electron chi connectivity index (χ3n) is 7.16. The summed E-state index contributed by atoms with van der Waals surface area (Å²) in [5, 5.41) is 3.08. The van der Waals surface area contributed by atoms with E-state index >= 15 is 0 Å². The highest BCUT2D eigenvalue weighted by Gasteiger charge is 2.31. The molecule has 0 heterocycles. The van der Waals surface area contributed by atoms with Gasteiger partial charge in [-0.2, -0.15) is 0 Å². The Morgan fingerprint density at radius 3 is 2.17 bits per heavy atom. The second-order valence-electron chi connectivity index (χ2n) is 11.0. The SMILES string of the molecule is CC[C@H](C)NC(=O)[C@@H](Cc1ccccc1)N(Cc1cccc(Br)c1)C(=O)CCCN(c1cc(C)cc(C)c1)S(C)(=O)=O. The summed E-state index contributed by atoms with van der Waals surface area (Å²) in [5.41, 5.74) is 4.35. The van der Waals surface area contributed by atoms with Crippen molar-refractivity contribution in [2.75, 3.05) is 17.1 Å². The van der Waals surface area contributed by atoms with Crippen molar-refractivity contribution in [3.05, 3.63) is 99.5 Å². The largest absolute Gasteiger partial charge is 0.352 e. The van der Waals surface area contributed by atoms with E-state index in [1.165, 1.54) is 10.6 Å². The standard InChI is InChI=1S/C33H42BrN3O4S/c1-6-26(4)35-33(39)31(22-27-12-8-7-9-13-27)36(23-28-14-10-15-29(34)21-28)32(38)16-11-17-37(42(5,40)41)30-19-24(2)18-25(3)20-30/h7-10,12-15,18-21,26,31H,6,11,16-17,22-23H2,1-5H3,(H,35,39)/t26-,31+/m0/s1. The summed E-state index contributed by atoms with van der Waals surface area (Å²) in [7, 11) is -3.57. The third-order valence-corrected chi connectivity index (χ3v) is 8.85. The molecule has 0 saturated heterocycles. The zero-order valence-corrected chi connectivity index (χ0v) is 27.5. The molecule has 7 nitrogen and oxygen atoms in total. The maximum atomic E-state index is 14.0. The van der Waals surface area contributed by atoms with Gasteiger partial charge in [0.25, 0.3) is 0 Å². The zero-order valence-electron chi connectivity index (χ0n) is 25.1. The van der Waals surface area contributed by atoms with Gasteiger partial charge in [-0.25, -0.2) is 8.42 Å². The third kappa shape index (κ3) is 9.98. The second-order valence-corrected chi connectivity index (χ2v) is 13.8. The molecule has 2 amide bonds. The predicted molar refractivity (Wildman–Crippen MR) is 174 cm³/mol. The number of hydrogen-bond acceptors (Lipinski definition) is 4. The minimum atomic E-state index is -3.57. The van der Waals surface area contributed by atoms with Gasteiger partial charge in [0.2, 0.25) is 21.8 Å². The molecular weight excluding hydrogens is 614 g/mol. The van der Waals surface area contributed by atoms with E-state index < -0.39 is 16.1 Å². The Bertz CT molecular complexity index is 1440. The number of nitrogens with one attached hydrogen (secondary N) is 1. The Labute approximate surface area is 259 Å². The van der Waals surface area contributed by atoms with Crippen LogP contribution in [-0.2, 0) is 32.6 Å². The molecule has 9 heteroatoms. The van der Waals surface area contributed by atoms with Crippen LogP contribution in [0.25, 0.3) is 0 Å². The van der Waals surface area contributed by atoms with Gasteiger partial charge in [0.15, 0.2) is 0 Å². The van der Waals surface area contributed by atoms with E-state index in [9.17, 15) is 18.0 Å². The van der Waals surface area contributed by atoms with Crippen molar-refractivity contribution in [3.63, 3.8) is 0 Å². The second kappa shape index (κ2) is 15.3. The van der Waals surface area contributed by atoms with Gasteiger partial charge in [-0.15, -0.1) is 0 Å². The fourth-order valence-corrected chi connectivity index (χ4v) is 6.32. The number of carbonyl (C=O) groups excluding carboxylic acids is 2. The Kier molecular flexibility index (Phi) is 12.2. The molecular formula is C33H42BrN3O4S. The molecule has 0 fully saturated rings. The van der Waals surface area contributed by atoms with E-state index in [2.05, 4.69) is 21.2 Å². The highest BCUT2D eigenvalue weighted by molar-refractivity contribution is 9.10. The predicted octanol–water partition coefficient (Wildman–Crippen LogP) is 6.17. The average Bonchev–Trinajstić information content (AvgIpc) is 2.92. The minimum absolute atomic E-state index is 0.0419. The average molecular weight is 657 g/mol. The maximum Gasteiger partial charge on any atom is 0.243 e. The highest BCUT2D eigenvalue weighted by Crippen LogP contribution is 2.23. The number of anilines is 1. The fraction of sp³-hybridized carbons (Fsp3) is 0.394. The monoisotopic (exact) mass is 655 g/mol. The van der Waals surface area contributed by atoms with Crippen LogP contribution < -0.4 is 9.62 Å². The number of rotatable bonds is 14. The van der Waals surface area contributed by atoms with Gasteiger partial charge in [-0.3, -0.25) is 13.9 Å². The van der Waals surface area contributed by atoms with E-state index in [0.29, 0.717) is 18.5 Å². The molecule has 0 bridgehead atoms. The zero-order chi connectivity index (χ0) is 30.9. The molecule has 0 aliphatic carbocycles. The number of halogens is 1. The van der Waals surface area contributed by atoms with Crippen LogP contribution in [-0.4, -0.2) is 50.0 Å². The van der Waals surface area contributed by atoms with Gasteiger partial charge < -0.3 is 10.2 Å². The van der Waals surface area contributed by atoms with Gasteiger partial charge >= 0.3 is 0 Å². The topological polar surface area (TPSA) is 86.8 Å². The lowest BCUT2D eigenvalue weighted by Gasteiger charge is -2.33. The Morgan fingerprint density at radius 2 is 1.57 bits per heavy atom. The fourth-order valence-electron chi connectivity index (χ4n) is 4.93. The first kappa shape index (κ1) is 33.3.